The van der Waals surface area contributed by atoms with E-state index in [0.29, 0.717) is 0 Å². The fraction of sp³-hybridized carbons (Fsp3) is 0.636. The summed E-state index contributed by atoms with van der Waals surface area (Å²) in [6, 6.07) is -0.938. The molecule has 1 heterocycles. The van der Waals surface area contributed by atoms with Gasteiger partial charge < -0.3 is 25.4 Å². The first-order valence-electron chi connectivity index (χ1n) is 10.4. The number of carbonyl (C=O) groups excluding carboxylic acids is 2. The van der Waals surface area contributed by atoms with E-state index in [0.717, 1.165) is 38.5 Å². The standard InChI is InChI=1S/C22H32ClNO6/c1-21-17(23)12-13-18(26)22(21,29)15-16(20(28)30-21)24-19(27)11-9-7-5-3-2-4-6-8-10-14-25/h8-13,16-17,20,25,28-29H,2-7,14-15H2,1H3,(H,24,27). The average Bonchev–Trinajstić information content (AvgIpc) is 2.70. The van der Waals surface area contributed by atoms with Crippen molar-refractivity contribution in [3.8, 4) is 0 Å². The number of amides is 1. The highest BCUT2D eigenvalue weighted by Gasteiger charge is 2.63. The number of hydrogen-bond donors (Lipinski definition) is 4. The molecule has 0 bridgehead atoms. The molecule has 4 N–H and O–H groups in total. The van der Waals surface area contributed by atoms with E-state index in [-0.39, 0.29) is 13.0 Å². The summed E-state index contributed by atoms with van der Waals surface area (Å²) in [4.78, 5) is 24.5. The lowest BCUT2D eigenvalue weighted by atomic mass is 9.69. The molecule has 5 atom stereocenters. The largest absolute Gasteiger partial charge is 0.392 e. The van der Waals surface area contributed by atoms with Crippen LogP contribution in [-0.4, -0.2) is 62.5 Å². The molecule has 0 aromatic rings. The van der Waals surface area contributed by atoms with Crippen molar-refractivity contribution in [1.82, 2.24) is 5.32 Å². The molecule has 2 rings (SSSR count). The van der Waals surface area contributed by atoms with E-state index in [1.54, 1.807) is 12.2 Å². The second kappa shape index (κ2) is 11.2. The molecule has 8 heteroatoms. The van der Waals surface area contributed by atoms with E-state index in [1.165, 1.54) is 25.2 Å². The van der Waals surface area contributed by atoms with Crippen molar-refractivity contribution in [3.63, 3.8) is 0 Å². The van der Waals surface area contributed by atoms with Gasteiger partial charge in [-0.1, -0.05) is 37.1 Å². The van der Waals surface area contributed by atoms with Gasteiger partial charge in [-0.25, -0.2) is 0 Å². The maximum Gasteiger partial charge on any atom is 0.244 e. The van der Waals surface area contributed by atoms with E-state index < -0.39 is 40.6 Å². The Bertz CT molecular complexity index is 693. The predicted octanol–water partition coefficient (Wildman–Crippen LogP) is 1.89. The van der Waals surface area contributed by atoms with Crippen LogP contribution in [0.5, 0.6) is 0 Å². The summed E-state index contributed by atoms with van der Waals surface area (Å²) >= 11 is 6.21. The maximum absolute atomic E-state index is 12.3. The lowest BCUT2D eigenvalue weighted by molar-refractivity contribution is -0.281. The van der Waals surface area contributed by atoms with Crippen LogP contribution in [0.2, 0.25) is 0 Å². The second-order valence-electron chi connectivity index (χ2n) is 7.97. The number of alkyl halides is 1. The molecule has 0 aromatic heterocycles. The molecule has 2 aliphatic rings. The lowest BCUT2D eigenvalue weighted by Crippen LogP contribution is -2.72. The van der Waals surface area contributed by atoms with E-state index >= 15 is 0 Å². The quantitative estimate of drug-likeness (QED) is 0.178. The van der Waals surface area contributed by atoms with Gasteiger partial charge in [0.1, 0.15) is 5.60 Å². The van der Waals surface area contributed by atoms with Crippen LogP contribution in [0.4, 0.5) is 0 Å². The Kier molecular flexibility index (Phi) is 9.25. The first-order valence-corrected chi connectivity index (χ1v) is 10.9. The lowest BCUT2D eigenvalue weighted by Gasteiger charge is -2.53. The molecular formula is C22H32ClNO6. The minimum absolute atomic E-state index is 0.0794. The molecular weight excluding hydrogens is 410 g/mol. The van der Waals surface area contributed by atoms with Crippen molar-refractivity contribution < 1.29 is 29.6 Å². The highest BCUT2D eigenvalue weighted by Crippen LogP contribution is 2.45. The summed E-state index contributed by atoms with van der Waals surface area (Å²) in [6.45, 7) is 1.56. The molecule has 1 saturated heterocycles. The van der Waals surface area contributed by atoms with E-state index in [4.69, 9.17) is 21.4 Å². The second-order valence-corrected chi connectivity index (χ2v) is 8.44. The molecule has 0 aromatic carbocycles. The molecule has 0 spiro atoms. The first-order chi connectivity index (χ1) is 14.2. The first kappa shape index (κ1) is 24.8. The number of rotatable bonds is 10. The van der Waals surface area contributed by atoms with Gasteiger partial charge in [-0.15, -0.1) is 11.6 Å². The molecule has 168 valence electrons. The molecule has 30 heavy (non-hydrogen) atoms. The van der Waals surface area contributed by atoms with Gasteiger partial charge in [-0.05, 0) is 44.8 Å². The fourth-order valence-electron chi connectivity index (χ4n) is 3.80. The summed E-state index contributed by atoms with van der Waals surface area (Å²) in [6.07, 6.45) is 13.8. The molecule has 7 nitrogen and oxygen atoms in total. The normalized spacial score (nSPS) is 33.9. The number of aliphatic hydroxyl groups is 3. The van der Waals surface area contributed by atoms with Gasteiger partial charge >= 0.3 is 0 Å². The van der Waals surface area contributed by atoms with Crippen molar-refractivity contribution in [2.45, 2.75) is 80.8 Å². The Morgan fingerprint density at radius 1 is 1.27 bits per heavy atom. The summed E-state index contributed by atoms with van der Waals surface area (Å²) < 4.78 is 5.53. The maximum atomic E-state index is 12.3. The highest BCUT2D eigenvalue weighted by molar-refractivity contribution is 6.24. The number of carbonyl (C=O) groups is 2. The fourth-order valence-corrected chi connectivity index (χ4v) is 4.10. The van der Waals surface area contributed by atoms with Gasteiger partial charge in [-0.3, -0.25) is 9.59 Å². The van der Waals surface area contributed by atoms with E-state index in [2.05, 4.69) is 5.32 Å². The van der Waals surface area contributed by atoms with Gasteiger partial charge in [-0.2, -0.15) is 0 Å². The third-order valence-corrected chi connectivity index (χ3v) is 6.32. The molecule has 0 radical (unpaired) electrons. The van der Waals surface area contributed by atoms with Crippen LogP contribution < -0.4 is 5.32 Å². The Hall–Kier alpha value is -1.51. The average molecular weight is 442 g/mol. The minimum Gasteiger partial charge on any atom is -0.392 e. The third-order valence-electron chi connectivity index (χ3n) is 5.76. The van der Waals surface area contributed by atoms with Gasteiger partial charge in [0.05, 0.1) is 18.0 Å². The number of ketones is 1. The predicted molar refractivity (Wildman–Crippen MR) is 114 cm³/mol. The monoisotopic (exact) mass is 441 g/mol. The van der Waals surface area contributed by atoms with Crippen molar-refractivity contribution in [3.05, 3.63) is 36.5 Å². The van der Waals surface area contributed by atoms with Crippen molar-refractivity contribution in [2.75, 3.05) is 6.61 Å². The van der Waals surface area contributed by atoms with Gasteiger partial charge in [0, 0.05) is 6.42 Å². The van der Waals surface area contributed by atoms with Crippen molar-refractivity contribution >= 4 is 23.3 Å². The summed E-state index contributed by atoms with van der Waals surface area (Å²) in [5, 5.41) is 31.7. The summed E-state index contributed by atoms with van der Waals surface area (Å²) in [5.74, 6) is -0.985. The van der Waals surface area contributed by atoms with Crippen LogP contribution in [-0.2, 0) is 14.3 Å². The van der Waals surface area contributed by atoms with Crippen molar-refractivity contribution in [1.29, 1.82) is 0 Å². The van der Waals surface area contributed by atoms with Gasteiger partial charge in [0.25, 0.3) is 0 Å². The summed E-state index contributed by atoms with van der Waals surface area (Å²) in [5.41, 5.74) is -3.41. The number of hydrogen-bond acceptors (Lipinski definition) is 6. The molecule has 1 amide bonds. The number of fused-ring (bicyclic) bond motifs is 1. The Morgan fingerprint density at radius 2 is 1.93 bits per heavy atom. The number of unbranched alkanes of at least 4 members (excludes halogenated alkanes) is 5. The minimum atomic E-state index is -1.93. The van der Waals surface area contributed by atoms with Gasteiger partial charge in [0.15, 0.2) is 17.7 Å². The Balaban J connectivity index is 1.78. The molecule has 1 aliphatic carbocycles. The zero-order chi connectivity index (χ0) is 22.2. The van der Waals surface area contributed by atoms with Crippen LogP contribution >= 0.6 is 11.6 Å². The zero-order valence-corrected chi connectivity index (χ0v) is 18.1. The SMILES string of the molecule is CC12OC(O)C(NC(=O)C=CCCCCCCC=CCO)CC1(O)C(=O)C=CC2Cl. The van der Waals surface area contributed by atoms with Crippen LogP contribution in [0.3, 0.4) is 0 Å². The third kappa shape index (κ3) is 5.80. The van der Waals surface area contributed by atoms with Gasteiger partial charge in [0.2, 0.25) is 5.91 Å². The van der Waals surface area contributed by atoms with Crippen LogP contribution in [0.15, 0.2) is 36.5 Å². The molecule has 1 fully saturated rings. The number of allylic oxidation sites excluding steroid dienone is 2. The van der Waals surface area contributed by atoms with Crippen LogP contribution in [0.25, 0.3) is 0 Å². The Morgan fingerprint density at radius 3 is 2.60 bits per heavy atom. The summed E-state index contributed by atoms with van der Waals surface area (Å²) in [7, 11) is 0. The molecule has 5 unspecified atom stereocenters. The van der Waals surface area contributed by atoms with E-state index in [1.807, 2.05) is 6.08 Å². The topological polar surface area (TPSA) is 116 Å². The smallest absolute Gasteiger partial charge is 0.244 e. The Labute approximate surface area is 182 Å². The molecule has 0 saturated carbocycles. The molecule has 1 aliphatic heterocycles. The zero-order valence-electron chi connectivity index (χ0n) is 17.3. The number of aliphatic hydroxyl groups excluding tert-OH is 2. The van der Waals surface area contributed by atoms with Crippen molar-refractivity contribution in [2.24, 2.45) is 0 Å². The van der Waals surface area contributed by atoms with Crippen LogP contribution in [0, 0.1) is 0 Å². The number of halogens is 1. The van der Waals surface area contributed by atoms with E-state index in [9.17, 15) is 19.8 Å². The number of nitrogens with one attached hydrogen (secondary N) is 1. The highest BCUT2D eigenvalue weighted by atomic mass is 35.5. The number of ether oxygens (including phenoxy) is 1. The van der Waals surface area contributed by atoms with Crippen LogP contribution in [0.1, 0.15) is 51.9 Å².